The van der Waals surface area contributed by atoms with E-state index in [1.807, 2.05) is 43.3 Å². The zero-order valence-electron chi connectivity index (χ0n) is 22.0. The van der Waals surface area contributed by atoms with E-state index in [4.69, 9.17) is 0 Å². The van der Waals surface area contributed by atoms with Gasteiger partial charge in [-0.1, -0.05) is 48.5 Å². The molecule has 4 aromatic carbocycles. The van der Waals surface area contributed by atoms with Gasteiger partial charge in [-0.2, -0.15) is 4.31 Å². The van der Waals surface area contributed by atoms with Crippen molar-refractivity contribution in [1.29, 1.82) is 0 Å². The van der Waals surface area contributed by atoms with E-state index in [2.05, 4.69) is 9.98 Å². The summed E-state index contributed by atoms with van der Waals surface area (Å²) in [5.41, 5.74) is 2.05. The number of anilines is 1. The molecular weight excluding hydrogens is 512 g/mol. The van der Waals surface area contributed by atoms with Crippen LogP contribution in [0.2, 0.25) is 0 Å². The SMILES string of the molecule is CN(C)c1cccc2c(S(=O)(=O)N(CCN=Cc3ccccc3O)CCN=Cc3ccccc3O)cccc12. The molecule has 0 spiro atoms. The largest absolute Gasteiger partial charge is 0.507 e. The molecule has 202 valence electrons. The Hall–Kier alpha value is -4.21. The highest BCUT2D eigenvalue weighted by molar-refractivity contribution is 7.89. The van der Waals surface area contributed by atoms with Gasteiger partial charge in [-0.25, -0.2) is 8.42 Å². The predicted octanol–water partition coefficient (Wildman–Crippen LogP) is 4.55. The zero-order chi connectivity index (χ0) is 27.8. The minimum absolute atomic E-state index is 0.108. The van der Waals surface area contributed by atoms with Gasteiger partial charge in [0.05, 0.1) is 18.0 Å². The lowest BCUT2D eigenvalue weighted by Gasteiger charge is -2.23. The van der Waals surface area contributed by atoms with Crippen molar-refractivity contribution in [3.8, 4) is 11.5 Å². The molecule has 9 heteroatoms. The molecule has 0 aliphatic carbocycles. The molecule has 0 aliphatic heterocycles. The number of phenols is 2. The Morgan fingerprint density at radius 2 is 1.21 bits per heavy atom. The number of para-hydroxylation sites is 2. The molecule has 0 aromatic heterocycles. The molecule has 0 heterocycles. The maximum Gasteiger partial charge on any atom is 0.243 e. The summed E-state index contributed by atoms with van der Waals surface area (Å²) in [6.07, 6.45) is 3.08. The van der Waals surface area contributed by atoms with Gasteiger partial charge in [0.2, 0.25) is 10.0 Å². The summed E-state index contributed by atoms with van der Waals surface area (Å²) in [4.78, 5) is 10.9. The van der Waals surface area contributed by atoms with Crippen molar-refractivity contribution < 1.29 is 18.6 Å². The summed E-state index contributed by atoms with van der Waals surface area (Å²) >= 11 is 0. The molecule has 0 unspecified atom stereocenters. The monoisotopic (exact) mass is 544 g/mol. The average Bonchev–Trinajstić information content (AvgIpc) is 2.93. The van der Waals surface area contributed by atoms with Crippen molar-refractivity contribution >= 4 is 38.9 Å². The Balaban J connectivity index is 1.61. The molecular formula is C30H32N4O4S. The third kappa shape index (κ3) is 6.63. The number of rotatable bonds is 11. The van der Waals surface area contributed by atoms with Gasteiger partial charge in [-0.05, 0) is 36.4 Å². The number of aliphatic imine (C=N–C) groups is 2. The number of benzene rings is 4. The van der Waals surface area contributed by atoms with Gasteiger partial charge < -0.3 is 15.1 Å². The van der Waals surface area contributed by atoms with E-state index in [1.54, 1.807) is 60.7 Å². The first kappa shape index (κ1) is 27.8. The quantitative estimate of drug-likeness (QED) is 0.270. The molecule has 0 bridgehead atoms. The second kappa shape index (κ2) is 12.6. The summed E-state index contributed by atoms with van der Waals surface area (Å²) in [7, 11) is -0.0605. The molecule has 4 rings (SSSR count). The summed E-state index contributed by atoms with van der Waals surface area (Å²) < 4.78 is 29.4. The Bertz CT molecular complexity index is 1540. The molecule has 0 atom stereocenters. The Labute approximate surface area is 229 Å². The average molecular weight is 545 g/mol. The molecule has 0 saturated heterocycles. The summed E-state index contributed by atoms with van der Waals surface area (Å²) in [6.45, 7) is 0.652. The Morgan fingerprint density at radius 1 is 0.692 bits per heavy atom. The molecule has 0 aliphatic rings. The van der Waals surface area contributed by atoms with Crippen LogP contribution in [0.25, 0.3) is 10.8 Å². The lowest BCUT2D eigenvalue weighted by molar-refractivity contribution is 0.427. The predicted molar refractivity (Wildman–Crippen MR) is 158 cm³/mol. The van der Waals surface area contributed by atoms with Crippen molar-refractivity contribution in [1.82, 2.24) is 4.31 Å². The fourth-order valence-corrected chi connectivity index (χ4v) is 5.86. The van der Waals surface area contributed by atoms with Gasteiger partial charge in [-0.15, -0.1) is 0 Å². The molecule has 8 nitrogen and oxygen atoms in total. The second-order valence-electron chi connectivity index (χ2n) is 9.12. The number of phenolic OH excluding ortho intramolecular Hbond substituents is 2. The summed E-state index contributed by atoms with van der Waals surface area (Å²) in [5, 5.41) is 21.5. The molecule has 2 N–H and O–H groups in total. The number of sulfonamides is 1. The Kier molecular flexibility index (Phi) is 8.96. The topological polar surface area (TPSA) is 106 Å². The molecule has 0 amide bonds. The van der Waals surface area contributed by atoms with Crippen LogP contribution in [0.1, 0.15) is 11.1 Å². The van der Waals surface area contributed by atoms with Crippen LogP contribution in [0.15, 0.2) is 99.8 Å². The zero-order valence-corrected chi connectivity index (χ0v) is 22.8. The highest BCUT2D eigenvalue weighted by Gasteiger charge is 2.26. The van der Waals surface area contributed by atoms with E-state index in [1.165, 1.54) is 16.7 Å². The van der Waals surface area contributed by atoms with Crippen LogP contribution in [-0.4, -0.2) is 75.6 Å². The first-order valence-electron chi connectivity index (χ1n) is 12.5. The maximum absolute atomic E-state index is 14.0. The van der Waals surface area contributed by atoms with Crippen LogP contribution in [0, 0.1) is 0 Å². The van der Waals surface area contributed by atoms with E-state index in [0.717, 1.165) is 11.1 Å². The first-order valence-corrected chi connectivity index (χ1v) is 14.0. The van der Waals surface area contributed by atoms with Crippen LogP contribution in [0.3, 0.4) is 0 Å². The van der Waals surface area contributed by atoms with Gasteiger partial charge in [-0.3, -0.25) is 9.98 Å². The highest BCUT2D eigenvalue weighted by atomic mass is 32.2. The normalized spacial score (nSPS) is 12.2. The molecule has 0 fully saturated rings. The lowest BCUT2D eigenvalue weighted by Crippen LogP contribution is -2.35. The van der Waals surface area contributed by atoms with Gasteiger partial charge >= 0.3 is 0 Å². The summed E-state index contributed by atoms with van der Waals surface area (Å²) in [5.74, 6) is 0.216. The van der Waals surface area contributed by atoms with Crippen molar-refractivity contribution in [3.63, 3.8) is 0 Å². The van der Waals surface area contributed by atoms with Crippen molar-refractivity contribution in [2.24, 2.45) is 9.98 Å². The maximum atomic E-state index is 14.0. The number of nitrogens with zero attached hydrogens (tertiary/aromatic N) is 4. The van der Waals surface area contributed by atoms with E-state index < -0.39 is 10.0 Å². The molecule has 0 radical (unpaired) electrons. The smallest absolute Gasteiger partial charge is 0.243 e. The van der Waals surface area contributed by atoms with E-state index in [-0.39, 0.29) is 42.6 Å². The van der Waals surface area contributed by atoms with E-state index in [0.29, 0.717) is 16.5 Å². The van der Waals surface area contributed by atoms with Gasteiger partial charge in [0.15, 0.2) is 0 Å². The van der Waals surface area contributed by atoms with Gasteiger partial charge in [0.25, 0.3) is 0 Å². The van der Waals surface area contributed by atoms with Crippen LogP contribution < -0.4 is 4.90 Å². The highest BCUT2D eigenvalue weighted by Crippen LogP contribution is 2.31. The van der Waals surface area contributed by atoms with Crippen molar-refractivity contribution in [3.05, 3.63) is 96.1 Å². The number of fused-ring (bicyclic) bond motifs is 1. The number of hydrogen-bond donors (Lipinski definition) is 2. The van der Waals surface area contributed by atoms with E-state index >= 15 is 0 Å². The van der Waals surface area contributed by atoms with Crippen LogP contribution >= 0.6 is 0 Å². The van der Waals surface area contributed by atoms with E-state index in [9.17, 15) is 18.6 Å². The Morgan fingerprint density at radius 3 is 1.74 bits per heavy atom. The second-order valence-corrected chi connectivity index (χ2v) is 11.0. The molecule has 4 aromatic rings. The lowest BCUT2D eigenvalue weighted by atomic mass is 10.1. The van der Waals surface area contributed by atoms with Crippen LogP contribution in [0.4, 0.5) is 5.69 Å². The minimum Gasteiger partial charge on any atom is -0.507 e. The molecule has 0 saturated carbocycles. The fraction of sp³-hybridized carbons (Fsp3) is 0.200. The standard InChI is InChI=1S/C30H32N4O4S/c1-33(2)27-13-7-12-26-25(27)11-8-16-30(26)39(37,38)34(19-17-31-21-23-9-3-5-14-28(23)35)20-18-32-22-24-10-4-6-15-29(24)36/h3-16,21-22,35-36H,17-20H2,1-2H3. The van der Waals surface area contributed by atoms with Crippen LogP contribution in [0.5, 0.6) is 11.5 Å². The first-order chi connectivity index (χ1) is 18.8. The summed E-state index contributed by atoms with van der Waals surface area (Å²) in [6, 6.07) is 24.6. The minimum atomic E-state index is -3.91. The third-order valence-corrected chi connectivity index (χ3v) is 8.21. The number of hydrogen-bond acceptors (Lipinski definition) is 7. The van der Waals surface area contributed by atoms with Crippen molar-refractivity contribution in [2.45, 2.75) is 4.90 Å². The third-order valence-electron chi connectivity index (χ3n) is 6.25. The number of aromatic hydroxyl groups is 2. The van der Waals surface area contributed by atoms with Crippen LogP contribution in [-0.2, 0) is 10.0 Å². The van der Waals surface area contributed by atoms with Gasteiger partial charge in [0.1, 0.15) is 11.5 Å². The van der Waals surface area contributed by atoms with Gasteiger partial charge in [0, 0.05) is 67.2 Å². The molecule has 39 heavy (non-hydrogen) atoms. The fourth-order valence-electron chi connectivity index (χ4n) is 4.23. The van der Waals surface area contributed by atoms with Crippen molar-refractivity contribution in [2.75, 3.05) is 45.2 Å².